The Morgan fingerprint density at radius 3 is 2.54 bits per heavy atom. The molecule has 0 bridgehead atoms. The lowest BCUT2D eigenvalue weighted by Crippen LogP contribution is -2.10. The molecule has 0 saturated heterocycles. The Bertz CT molecular complexity index is 1030. The minimum Gasteiger partial charge on any atom is -0.366 e. The number of para-hydroxylation sites is 2. The molecule has 1 aromatic heterocycles. The molecule has 5 heteroatoms. The second-order valence-electron chi connectivity index (χ2n) is 6.10. The van der Waals surface area contributed by atoms with Gasteiger partial charge in [0.25, 0.3) is 0 Å². The lowest BCUT2D eigenvalue weighted by Gasteiger charge is -2.06. The number of aromatic nitrogens is 2. The fourth-order valence-corrected chi connectivity index (χ4v) is 2.89. The molecule has 0 radical (unpaired) electrons. The number of carbonyl (C=O) groups is 1. The molecule has 1 amide bonds. The number of nitrogens with one attached hydrogen (secondary N) is 2. The lowest BCUT2D eigenvalue weighted by molar-refractivity contribution is 0.100. The molecule has 5 nitrogen and oxygen atoms in total. The van der Waals surface area contributed by atoms with Gasteiger partial charge in [-0.25, -0.2) is 4.98 Å². The molecule has 0 atom stereocenters. The Kier molecular flexibility index (Phi) is 4.11. The van der Waals surface area contributed by atoms with E-state index in [1.165, 1.54) is 0 Å². The number of fused-ring (bicyclic) bond motifs is 1. The first-order valence-corrected chi connectivity index (χ1v) is 8.37. The molecule has 0 fully saturated rings. The highest BCUT2D eigenvalue weighted by atomic mass is 16.1. The number of hydrogen-bond donors (Lipinski definition) is 3. The van der Waals surface area contributed by atoms with Crippen LogP contribution in [0.25, 0.3) is 22.2 Å². The van der Waals surface area contributed by atoms with Crippen LogP contribution in [-0.4, -0.2) is 15.9 Å². The van der Waals surface area contributed by atoms with Gasteiger partial charge in [0.2, 0.25) is 11.9 Å². The second kappa shape index (κ2) is 6.72. The van der Waals surface area contributed by atoms with Crippen LogP contribution in [0.15, 0.2) is 72.8 Å². The summed E-state index contributed by atoms with van der Waals surface area (Å²) >= 11 is 0. The van der Waals surface area contributed by atoms with Crippen LogP contribution in [0.3, 0.4) is 0 Å². The minimum atomic E-state index is -0.418. The van der Waals surface area contributed by atoms with E-state index in [9.17, 15) is 4.79 Å². The largest absolute Gasteiger partial charge is 0.366 e. The van der Waals surface area contributed by atoms with E-state index in [0.29, 0.717) is 12.1 Å². The van der Waals surface area contributed by atoms with Crippen molar-refractivity contribution in [2.45, 2.75) is 6.54 Å². The second-order valence-corrected chi connectivity index (χ2v) is 6.10. The van der Waals surface area contributed by atoms with Crippen molar-refractivity contribution >= 4 is 22.9 Å². The van der Waals surface area contributed by atoms with Crippen LogP contribution in [0.1, 0.15) is 15.9 Å². The SMILES string of the molecule is NC(=O)c1cccc(-c2ccc(CNc3nc4ccccc4[nH]3)cc2)c1. The molecule has 26 heavy (non-hydrogen) atoms. The van der Waals surface area contributed by atoms with Crippen LogP contribution in [0, 0.1) is 0 Å². The number of anilines is 1. The zero-order valence-electron chi connectivity index (χ0n) is 14.1. The third kappa shape index (κ3) is 3.28. The van der Waals surface area contributed by atoms with E-state index in [4.69, 9.17) is 5.73 Å². The summed E-state index contributed by atoms with van der Waals surface area (Å²) in [4.78, 5) is 19.1. The molecule has 0 spiro atoms. The maximum Gasteiger partial charge on any atom is 0.248 e. The van der Waals surface area contributed by atoms with Gasteiger partial charge in [-0.15, -0.1) is 0 Å². The predicted octanol–water partition coefficient (Wildman–Crippen LogP) is 3.94. The van der Waals surface area contributed by atoms with Crippen LogP contribution in [-0.2, 0) is 6.54 Å². The van der Waals surface area contributed by atoms with Gasteiger partial charge >= 0.3 is 0 Å². The maximum atomic E-state index is 11.3. The zero-order valence-corrected chi connectivity index (χ0v) is 14.1. The van der Waals surface area contributed by atoms with E-state index in [1.807, 2.05) is 54.6 Å². The van der Waals surface area contributed by atoms with Crippen molar-refractivity contribution in [2.75, 3.05) is 5.32 Å². The number of rotatable bonds is 5. The molecule has 0 unspecified atom stereocenters. The van der Waals surface area contributed by atoms with E-state index in [1.54, 1.807) is 6.07 Å². The molecule has 4 rings (SSSR count). The summed E-state index contributed by atoms with van der Waals surface area (Å²) in [5, 5.41) is 3.31. The van der Waals surface area contributed by atoms with Crippen LogP contribution in [0.5, 0.6) is 0 Å². The lowest BCUT2D eigenvalue weighted by atomic mass is 10.0. The first-order chi connectivity index (χ1) is 12.7. The van der Waals surface area contributed by atoms with Gasteiger partial charge in [0, 0.05) is 12.1 Å². The molecule has 0 saturated carbocycles. The Balaban J connectivity index is 1.47. The van der Waals surface area contributed by atoms with E-state index < -0.39 is 5.91 Å². The van der Waals surface area contributed by atoms with Crippen molar-refractivity contribution in [2.24, 2.45) is 5.73 Å². The average molecular weight is 342 g/mol. The number of H-pyrrole nitrogens is 1. The predicted molar refractivity (Wildman–Crippen MR) is 104 cm³/mol. The maximum absolute atomic E-state index is 11.3. The van der Waals surface area contributed by atoms with Gasteiger partial charge in [-0.2, -0.15) is 0 Å². The van der Waals surface area contributed by atoms with Crippen molar-refractivity contribution in [3.8, 4) is 11.1 Å². The summed E-state index contributed by atoms with van der Waals surface area (Å²) in [5.74, 6) is 0.336. The number of primary amides is 1. The molecule has 0 aliphatic rings. The van der Waals surface area contributed by atoms with Gasteiger partial charge in [0.15, 0.2) is 0 Å². The molecule has 3 aromatic carbocycles. The van der Waals surface area contributed by atoms with Crippen molar-refractivity contribution in [3.63, 3.8) is 0 Å². The van der Waals surface area contributed by atoms with E-state index in [0.717, 1.165) is 33.7 Å². The molecule has 4 aromatic rings. The summed E-state index contributed by atoms with van der Waals surface area (Å²) in [6.45, 7) is 0.668. The summed E-state index contributed by atoms with van der Waals surface area (Å²) in [5.41, 5.74) is 11.0. The van der Waals surface area contributed by atoms with Crippen molar-refractivity contribution < 1.29 is 4.79 Å². The topological polar surface area (TPSA) is 83.8 Å². The Morgan fingerprint density at radius 2 is 1.77 bits per heavy atom. The van der Waals surface area contributed by atoms with Crippen molar-refractivity contribution in [1.82, 2.24) is 9.97 Å². The molecule has 0 aliphatic heterocycles. The highest BCUT2D eigenvalue weighted by Crippen LogP contribution is 2.21. The third-order valence-electron chi connectivity index (χ3n) is 4.28. The minimum absolute atomic E-state index is 0.418. The van der Waals surface area contributed by atoms with Gasteiger partial charge in [-0.1, -0.05) is 48.5 Å². The Hall–Kier alpha value is -3.60. The quantitative estimate of drug-likeness (QED) is 0.513. The monoisotopic (exact) mass is 342 g/mol. The Morgan fingerprint density at radius 1 is 0.962 bits per heavy atom. The summed E-state index contributed by atoms with van der Waals surface area (Å²) in [6.07, 6.45) is 0. The van der Waals surface area contributed by atoms with Crippen LogP contribution >= 0.6 is 0 Å². The van der Waals surface area contributed by atoms with E-state index >= 15 is 0 Å². The summed E-state index contributed by atoms with van der Waals surface area (Å²) < 4.78 is 0. The molecule has 4 N–H and O–H groups in total. The van der Waals surface area contributed by atoms with Gasteiger partial charge in [-0.05, 0) is 41.0 Å². The number of carbonyl (C=O) groups excluding carboxylic acids is 1. The summed E-state index contributed by atoms with van der Waals surface area (Å²) in [7, 11) is 0. The van der Waals surface area contributed by atoms with Gasteiger partial charge in [-0.3, -0.25) is 4.79 Å². The van der Waals surface area contributed by atoms with Crippen molar-refractivity contribution in [1.29, 1.82) is 0 Å². The molecular weight excluding hydrogens is 324 g/mol. The highest BCUT2D eigenvalue weighted by molar-refractivity contribution is 5.94. The smallest absolute Gasteiger partial charge is 0.248 e. The number of imidazole rings is 1. The van der Waals surface area contributed by atoms with Gasteiger partial charge in [0.1, 0.15) is 0 Å². The normalized spacial score (nSPS) is 10.8. The number of aromatic amines is 1. The number of hydrogen-bond acceptors (Lipinski definition) is 3. The fourth-order valence-electron chi connectivity index (χ4n) is 2.89. The van der Waals surface area contributed by atoms with Crippen LogP contribution < -0.4 is 11.1 Å². The van der Waals surface area contributed by atoms with Gasteiger partial charge < -0.3 is 16.0 Å². The van der Waals surface area contributed by atoms with Gasteiger partial charge in [0.05, 0.1) is 11.0 Å². The Labute approximate surface area is 150 Å². The third-order valence-corrected chi connectivity index (χ3v) is 4.28. The first-order valence-electron chi connectivity index (χ1n) is 8.37. The van der Waals surface area contributed by atoms with Crippen LogP contribution in [0.4, 0.5) is 5.95 Å². The highest BCUT2D eigenvalue weighted by Gasteiger charge is 2.04. The van der Waals surface area contributed by atoms with E-state index in [2.05, 4.69) is 27.4 Å². The molecule has 0 aliphatic carbocycles. The number of benzene rings is 3. The number of amides is 1. The van der Waals surface area contributed by atoms with E-state index in [-0.39, 0.29) is 0 Å². The fraction of sp³-hybridized carbons (Fsp3) is 0.0476. The standard InChI is InChI=1S/C21H18N4O/c22-20(26)17-5-3-4-16(12-17)15-10-8-14(9-11-15)13-23-21-24-18-6-1-2-7-19(18)25-21/h1-12H,13H2,(H2,22,26)(H2,23,24,25). The molecular formula is C21H18N4O. The number of nitrogens with zero attached hydrogens (tertiary/aromatic N) is 1. The molecule has 1 heterocycles. The van der Waals surface area contributed by atoms with Crippen molar-refractivity contribution in [3.05, 3.63) is 83.9 Å². The number of nitrogens with two attached hydrogens (primary N) is 1. The molecule has 128 valence electrons. The first kappa shape index (κ1) is 15.9. The zero-order chi connectivity index (χ0) is 17.9. The summed E-state index contributed by atoms with van der Waals surface area (Å²) in [6, 6.07) is 23.5. The van der Waals surface area contributed by atoms with Crippen LogP contribution in [0.2, 0.25) is 0 Å². The average Bonchev–Trinajstić information content (AvgIpc) is 3.10.